The predicted octanol–water partition coefficient (Wildman–Crippen LogP) is 1.95. The fourth-order valence-corrected chi connectivity index (χ4v) is 2.21. The molecule has 0 radical (unpaired) electrons. The number of Topliss-reactive ketones (excluding diaryl/α,β-unsaturated/α-hetero) is 1. The largest absolute Gasteiger partial charge is 0.507 e. The molecule has 1 aromatic carbocycles. The molecule has 21 heavy (non-hydrogen) atoms. The summed E-state index contributed by atoms with van der Waals surface area (Å²) in [5, 5.41) is 9.69. The molecule has 2 aromatic rings. The lowest BCUT2D eigenvalue weighted by molar-refractivity contribution is 0.0906. The first-order valence-corrected chi connectivity index (χ1v) is 6.45. The van der Waals surface area contributed by atoms with E-state index in [1.54, 1.807) is 24.3 Å². The summed E-state index contributed by atoms with van der Waals surface area (Å²) >= 11 is 0. The summed E-state index contributed by atoms with van der Waals surface area (Å²) in [6, 6.07) is 10.3. The van der Waals surface area contributed by atoms with Gasteiger partial charge >= 0.3 is 0 Å². The second-order valence-electron chi connectivity index (χ2n) is 4.80. The van der Waals surface area contributed by atoms with Crippen LogP contribution >= 0.6 is 0 Å². The molecule has 0 aliphatic rings. The number of rotatable bonds is 3. The lowest BCUT2D eigenvalue weighted by Crippen LogP contribution is -2.33. The van der Waals surface area contributed by atoms with Gasteiger partial charge in [-0.2, -0.15) is 0 Å². The van der Waals surface area contributed by atoms with Crippen LogP contribution in [-0.4, -0.2) is 21.4 Å². The lowest BCUT2D eigenvalue weighted by atomic mass is 10.1. The minimum absolute atomic E-state index is 0.0453. The van der Waals surface area contributed by atoms with Crippen molar-refractivity contribution in [3.63, 3.8) is 0 Å². The molecule has 108 valence electrons. The number of hydrogen-bond acceptors (Lipinski definition) is 4. The summed E-state index contributed by atoms with van der Waals surface area (Å²) in [7, 11) is 0. The van der Waals surface area contributed by atoms with Gasteiger partial charge in [0.1, 0.15) is 11.3 Å². The highest BCUT2D eigenvalue weighted by molar-refractivity contribution is 5.97. The van der Waals surface area contributed by atoms with Crippen molar-refractivity contribution in [1.82, 2.24) is 4.57 Å². The lowest BCUT2D eigenvalue weighted by Gasteiger charge is -2.11. The van der Waals surface area contributed by atoms with Crippen LogP contribution < -0.4 is 5.56 Å². The van der Waals surface area contributed by atoms with Gasteiger partial charge in [-0.3, -0.25) is 14.4 Å². The highest BCUT2D eigenvalue weighted by Crippen LogP contribution is 2.15. The van der Waals surface area contributed by atoms with E-state index in [9.17, 15) is 19.5 Å². The number of benzene rings is 1. The van der Waals surface area contributed by atoms with Crippen LogP contribution in [0.4, 0.5) is 0 Å². The molecule has 0 unspecified atom stereocenters. The van der Waals surface area contributed by atoms with Crippen LogP contribution in [0.5, 0.6) is 5.75 Å². The number of carbonyl (C=O) groups is 2. The molecule has 0 spiro atoms. The molecule has 1 aromatic heterocycles. The van der Waals surface area contributed by atoms with Crippen molar-refractivity contribution in [1.29, 1.82) is 0 Å². The van der Waals surface area contributed by atoms with Crippen LogP contribution in [0, 0.1) is 6.92 Å². The smallest absolute Gasteiger partial charge is 0.272 e. The third kappa shape index (κ3) is 2.91. The number of pyridine rings is 1. The Bertz CT molecular complexity index is 760. The van der Waals surface area contributed by atoms with E-state index >= 15 is 0 Å². The molecule has 1 N–H and O–H groups in total. The van der Waals surface area contributed by atoms with E-state index in [0.717, 1.165) is 10.1 Å². The van der Waals surface area contributed by atoms with Gasteiger partial charge in [-0.05, 0) is 19.4 Å². The number of aryl methyl sites for hydroxylation is 1. The molecule has 1 heterocycles. The molecular weight excluding hydrogens is 270 g/mol. The maximum atomic E-state index is 12.3. The van der Waals surface area contributed by atoms with Crippen LogP contribution in [-0.2, 0) is 6.42 Å². The Morgan fingerprint density at radius 1 is 1.19 bits per heavy atom. The second-order valence-corrected chi connectivity index (χ2v) is 4.80. The van der Waals surface area contributed by atoms with E-state index in [0.29, 0.717) is 5.69 Å². The van der Waals surface area contributed by atoms with Crippen molar-refractivity contribution in [3.05, 3.63) is 63.6 Å². The maximum Gasteiger partial charge on any atom is 0.272 e. The van der Waals surface area contributed by atoms with Crippen molar-refractivity contribution in [2.75, 3.05) is 0 Å². The van der Waals surface area contributed by atoms with Gasteiger partial charge in [-0.25, -0.2) is 4.57 Å². The highest BCUT2D eigenvalue weighted by Gasteiger charge is 2.20. The first kappa shape index (κ1) is 14.7. The Morgan fingerprint density at radius 3 is 2.38 bits per heavy atom. The zero-order valence-electron chi connectivity index (χ0n) is 11.8. The summed E-state index contributed by atoms with van der Waals surface area (Å²) < 4.78 is 0.934. The van der Waals surface area contributed by atoms with E-state index in [4.69, 9.17) is 0 Å². The molecule has 2 rings (SSSR count). The molecule has 5 heteroatoms. The molecule has 0 aliphatic carbocycles. The standard InChI is InChI=1S/C16H15NO4/c1-10-8-13(19)15(11(2)18)16(21)17(10)14(20)9-12-6-4-3-5-7-12/h3-8,19H,9H2,1-2H3. The van der Waals surface area contributed by atoms with Crippen LogP contribution in [0.2, 0.25) is 0 Å². The van der Waals surface area contributed by atoms with Crippen molar-refractivity contribution in [3.8, 4) is 5.75 Å². The first-order valence-electron chi connectivity index (χ1n) is 6.45. The number of aromatic hydroxyl groups is 1. The zero-order valence-corrected chi connectivity index (χ0v) is 11.8. The minimum Gasteiger partial charge on any atom is -0.507 e. The molecule has 0 saturated heterocycles. The Hall–Kier alpha value is -2.69. The second kappa shape index (κ2) is 5.75. The summed E-state index contributed by atoms with van der Waals surface area (Å²) in [6.45, 7) is 2.71. The fourth-order valence-electron chi connectivity index (χ4n) is 2.21. The van der Waals surface area contributed by atoms with Gasteiger partial charge in [-0.1, -0.05) is 30.3 Å². The third-order valence-corrected chi connectivity index (χ3v) is 3.17. The molecule has 0 aliphatic heterocycles. The third-order valence-electron chi connectivity index (χ3n) is 3.17. The molecule has 0 bridgehead atoms. The van der Waals surface area contributed by atoms with Crippen LogP contribution in [0.1, 0.15) is 33.3 Å². The van der Waals surface area contributed by atoms with Gasteiger partial charge < -0.3 is 5.11 Å². The predicted molar refractivity (Wildman–Crippen MR) is 77.9 cm³/mol. The van der Waals surface area contributed by atoms with Crippen molar-refractivity contribution >= 4 is 11.7 Å². The summed E-state index contributed by atoms with van der Waals surface area (Å²) in [5.74, 6) is -1.40. The molecule has 5 nitrogen and oxygen atoms in total. The highest BCUT2D eigenvalue weighted by atomic mass is 16.3. The van der Waals surface area contributed by atoms with E-state index in [1.165, 1.54) is 19.9 Å². The summed E-state index contributed by atoms with van der Waals surface area (Å²) in [6.07, 6.45) is 0.0453. The van der Waals surface area contributed by atoms with Crippen LogP contribution in [0.15, 0.2) is 41.2 Å². The number of carbonyl (C=O) groups excluding carboxylic acids is 2. The Kier molecular flexibility index (Phi) is 4.03. The monoisotopic (exact) mass is 285 g/mol. The van der Waals surface area contributed by atoms with Gasteiger partial charge in [-0.15, -0.1) is 0 Å². The van der Waals surface area contributed by atoms with Crippen LogP contribution in [0.3, 0.4) is 0 Å². The summed E-state index contributed by atoms with van der Waals surface area (Å²) in [4.78, 5) is 36.0. The van der Waals surface area contributed by atoms with Crippen LogP contribution in [0.25, 0.3) is 0 Å². The van der Waals surface area contributed by atoms with E-state index in [2.05, 4.69) is 0 Å². The van der Waals surface area contributed by atoms with Gasteiger partial charge in [0.25, 0.3) is 5.56 Å². The van der Waals surface area contributed by atoms with Gasteiger partial charge in [0.05, 0.1) is 6.42 Å². The number of hydrogen-bond donors (Lipinski definition) is 1. The molecule has 0 fully saturated rings. The number of aromatic nitrogens is 1. The molecule has 0 saturated carbocycles. The van der Waals surface area contributed by atoms with Gasteiger partial charge in [0, 0.05) is 11.8 Å². The number of ketones is 1. The molecule has 0 amide bonds. The Balaban J connectivity index is 2.49. The average Bonchev–Trinajstić information content (AvgIpc) is 2.38. The summed E-state index contributed by atoms with van der Waals surface area (Å²) in [5.41, 5.74) is -0.0716. The van der Waals surface area contributed by atoms with Crippen molar-refractivity contribution < 1.29 is 14.7 Å². The fraction of sp³-hybridized carbons (Fsp3) is 0.188. The average molecular weight is 285 g/mol. The van der Waals surface area contributed by atoms with Crippen molar-refractivity contribution in [2.24, 2.45) is 0 Å². The Morgan fingerprint density at radius 2 is 1.81 bits per heavy atom. The van der Waals surface area contributed by atoms with E-state index in [1.807, 2.05) is 6.07 Å². The normalized spacial score (nSPS) is 10.4. The van der Waals surface area contributed by atoms with Gasteiger partial charge in [0.2, 0.25) is 5.91 Å². The Labute approximate surface area is 121 Å². The van der Waals surface area contributed by atoms with E-state index in [-0.39, 0.29) is 12.0 Å². The van der Waals surface area contributed by atoms with Crippen molar-refractivity contribution in [2.45, 2.75) is 20.3 Å². The van der Waals surface area contributed by atoms with E-state index < -0.39 is 23.0 Å². The molecule has 0 atom stereocenters. The zero-order chi connectivity index (χ0) is 15.6. The topological polar surface area (TPSA) is 76.4 Å². The number of nitrogens with zero attached hydrogens (tertiary/aromatic N) is 1. The maximum absolute atomic E-state index is 12.3. The minimum atomic E-state index is -0.777. The SMILES string of the molecule is CC(=O)c1c(O)cc(C)n(C(=O)Cc2ccccc2)c1=O. The quantitative estimate of drug-likeness (QED) is 0.874. The van der Waals surface area contributed by atoms with Gasteiger partial charge in [0.15, 0.2) is 5.78 Å². The molecular formula is C16H15NO4. The first-order chi connectivity index (χ1) is 9.91.